The first-order valence-electron chi connectivity index (χ1n) is 20.9. The van der Waals surface area contributed by atoms with E-state index in [4.69, 9.17) is 14.2 Å². The molecule has 3 aliphatic heterocycles. The fraction of sp³-hybridized carbons (Fsp3) is 0.591. The average Bonchev–Trinajstić information content (AvgIpc) is 3.79. The molecule has 0 radical (unpaired) electrons. The number of amides is 2. The number of carbonyl (C=O) groups is 2. The lowest BCUT2D eigenvalue weighted by Crippen LogP contribution is -2.61. The predicted molar refractivity (Wildman–Crippen MR) is 218 cm³/mol. The maximum Gasteiger partial charge on any atom is 0.407 e. The number of alkyl halides is 2. The lowest BCUT2D eigenvalue weighted by Gasteiger charge is -2.43. The molecule has 3 heterocycles. The third kappa shape index (κ3) is 9.55. The van der Waals surface area contributed by atoms with Crippen molar-refractivity contribution in [1.82, 2.24) is 19.4 Å². The highest BCUT2D eigenvalue weighted by Gasteiger charge is 2.56. The molecule has 11 nitrogen and oxygen atoms in total. The number of ether oxygens (including phenoxy) is 3. The molecular weight excluding hydrogens is 767 g/mol. The molecule has 0 aromatic heterocycles. The number of likely N-dealkylation sites (tertiary alicyclic amines) is 1. The maximum atomic E-state index is 17.2. The molecule has 3 saturated heterocycles. The Bertz CT molecular complexity index is 2020. The number of likely N-dealkylation sites (N-methyl/N-ethyl adjacent to an activating group) is 1. The number of alkyl carbamates (subject to hydrolysis) is 1. The molecule has 4 fully saturated rings. The second-order valence-corrected chi connectivity index (χ2v) is 19.5. The van der Waals surface area contributed by atoms with Gasteiger partial charge in [-0.1, -0.05) is 18.6 Å². The van der Waals surface area contributed by atoms with Gasteiger partial charge >= 0.3 is 6.09 Å². The van der Waals surface area contributed by atoms with Gasteiger partial charge in [-0.25, -0.2) is 13.2 Å². The lowest BCUT2D eigenvalue weighted by atomic mass is 9.94. The van der Waals surface area contributed by atoms with Crippen LogP contribution in [-0.2, 0) is 25.5 Å². The SMILES string of the molecule is CN(C(C(=O)N1C2CCC1CC(NC(=O)OC(C)(C)C)C2)C(F)(F)c1ccc(OCCN2CCCCC2)cc1)S(=O)(=O)c1ccc2cc(OC3CCCC3)ccc2c1. The number of rotatable bonds is 13. The molecule has 58 heavy (non-hydrogen) atoms. The van der Waals surface area contributed by atoms with Crippen molar-refractivity contribution in [2.24, 2.45) is 0 Å². The van der Waals surface area contributed by atoms with E-state index in [0.29, 0.717) is 53.5 Å². The zero-order valence-electron chi connectivity index (χ0n) is 34.1. The highest BCUT2D eigenvalue weighted by molar-refractivity contribution is 7.89. The highest BCUT2D eigenvalue weighted by Crippen LogP contribution is 2.43. The van der Waals surface area contributed by atoms with Crippen molar-refractivity contribution in [1.29, 1.82) is 0 Å². The minimum atomic E-state index is -4.65. The third-order valence-electron chi connectivity index (χ3n) is 12.1. The number of nitrogens with zero attached hydrogens (tertiary/aromatic N) is 3. The van der Waals surface area contributed by atoms with E-state index in [1.807, 2.05) is 6.07 Å². The second-order valence-electron chi connectivity index (χ2n) is 17.5. The summed E-state index contributed by atoms with van der Waals surface area (Å²) in [5, 5.41) is 4.22. The van der Waals surface area contributed by atoms with Crippen molar-refractivity contribution >= 4 is 32.8 Å². The zero-order valence-corrected chi connectivity index (χ0v) is 34.9. The Morgan fingerprint density at radius 3 is 2.12 bits per heavy atom. The summed E-state index contributed by atoms with van der Waals surface area (Å²) in [7, 11) is -3.59. The summed E-state index contributed by atoms with van der Waals surface area (Å²) in [5.41, 5.74) is -1.21. The summed E-state index contributed by atoms with van der Waals surface area (Å²) in [5.74, 6) is -3.82. The average molecular weight is 825 g/mol. The van der Waals surface area contributed by atoms with E-state index in [9.17, 15) is 18.0 Å². The fourth-order valence-electron chi connectivity index (χ4n) is 9.16. The number of nitrogens with one attached hydrogen (secondary N) is 1. The summed E-state index contributed by atoms with van der Waals surface area (Å²) >= 11 is 0. The molecule has 3 atom stereocenters. The fourth-order valence-corrected chi connectivity index (χ4v) is 10.5. The Morgan fingerprint density at radius 2 is 1.47 bits per heavy atom. The van der Waals surface area contributed by atoms with Crippen LogP contribution in [0.25, 0.3) is 10.8 Å². The van der Waals surface area contributed by atoms with E-state index in [0.717, 1.165) is 70.6 Å². The van der Waals surface area contributed by atoms with Crippen molar-refractivity contribution in [3.8, 4) is 11.5 Å². The van der Waals surface area contributed by atoms with E-state index in [2.05, 4.69) is 10.2 Å². The van der Waals surface area contributed by atoms with Crippen LogP contribution in [-0.4, -0.2) is 104 Å². The Labute approximate surface area is 341 Å². The normalized spacial score (nSPS) is 22.6. The van der Waals surface area contributed by atoms with Gasteiger partial charge in [-0.3, -0.25) is 9.69 Å². The van der Waals surface area contributed by atoms with Gasteiger partial charge in [0.25, 0.3) is 5.92 Å². The largest absolute Gasteiger partial charge is 0.492 e. The van der Waals surface area contributed by atoms with Crippen LogP contribution in [0, 0.1) is 0 Å². The Balaban J connectivity index is 1.14. The van der Waals surface area contributed by atoms with Gasteiger partial charge in [0.15, 0.2) is 6.04 Å². The smallest absolute Gasteiger partial charge is 0.407 e. The topological polar surface area (TPSA) is 118 Å². The number of carbonyl (C=O) groups excluding carboxylic acids is 2. The molecule has 0 spiro atoms. The van der Waals surface area contributed by atoms with Crippen molar-refractivity contribution < 1.29 is 41.0 Å². The van der Waals surface area contributed by atoms with Crippen LogP contribution in [0.4, 0.5) is 13.6 Å². The van der Waals surface area contributed by atoms with Crippen LogP contribution >= 0.6 is 0 Å². The van der Waals surface area contributed by atoms with Gasteiger partial charge in [-0.2, -0.15) is 13.1 Å². The van der Waals surface area contributed by atoms with Gasteiger partial charge in [0.2, 0.25) is 15.9 Å². The Hall–Kier alpha value is -4.01. The van der Waals surface area contributed by atoms with E-state index in [1.54, 1.807) is 39.0 Å². The van der Waals surface area contributed by atoms with Gasteiger partial charge in [-0.05, 0) is 157 Å². The molecule has 1 aliphatic carbocycles. The highest BCUT2D eigenvalue weighted by atomic mass is 32.2. The van der Waals surface area contributed by atoms with Crippen molar-refractivity contribution in [3.63, 3.8) is 0 Å². The summed E-state index contributed by atoms with van der Waals surface area (Å²) in [4.78, 5) is 30.9. The number of piperidine rings is 2. The van der Waals surface area contributed by atoms with E-state index < -0.39 is 57.2 Å². The van der Waals surface area contributed by atoms with Gasteiger partial charge in [0.1, 0.15) is 23.7 Å². The zero-order chi connectivity index (χ0) is 41.2. The number of hydrogen-bond donors (Lipinski definition) is 1. The van der Waals surface area contributed by atoms with E-state index in [-0.39, 0.29) is 17.0 Å². The maximum absolute atomic E-state index is 17.2. The first kappa shape index (κ1) is 42.1. The van der Waals surface area contributed by atoms with Gasteiger partial charge in [0.05, 0.1) is 11.0 Å². The molecule has 2 bridgehead atoms. The number of halogens is 2. The first-order chi connectivity index (χ1) is 27.6. The van der Waals surface area contributed by atoms with Crippen molar-refractivity contribution in [2.45, 2.75) is 138 Å². The monoisotopic (exact) mass is 824 g/mol. The molecule has 1 N–H and O–H groups in total. The predicted octanol–water partition coefficient (Wildman–Crippen LogP) is 7.85. The molecule has 14 heteroatoms. The number of hydrogen-bond acceptors (Lipinski definition) is 8. The minimum absolute atomic E-state index is 0.150. The van der Waals surface area contributed by atoms with Crippen molar-refractivity contribution in [2.75, 3.05) is 33.3 Å². The molecule has 2 amide bonds. The van der Waals surface area contributed by atoms with Crippen LogP contribution in [0.15, 0.2) is 65.6 Å². The minimum Gasteiger partial charge on any atom is -0.492 e. The molecule has 3 aromatic carbocycles. The Morgan fingerprint density at radius 1 is 0.845 bits per heavy atom. The standard InChI is InChI=1S/C44H58F2N4O7S/c1-43(2,3)57-42(52)47-33-28-34-16-17-35(29-33)50(34)41(51)40(44(45,46)32-14-19-36(20-15-32)55-25-24-49-22-8-5-9-23-49)48(4)58(53,54)39-21-13-30-26-38(18-12-31(30)27-39)56-37-10-6-7-11-37/h12-15,18-21,26-27,33-35,37,40H,5-11,16-17,22-25,28-29H2,1-4H3,(H,47,52). The summed E-state index contributed by atoms with van der Waals surface area (Å²) in [6.45, 7) is 8.44. The van der Waals surface area contributed by atoms with Gasteiger partial charge in [0, 0.05) is 37.3 Å². The summed E-state index contributed by atoms with van der Waals surface area (Å²) in [6.07, 6.45) is 9.05. The second kappa shape index (κ2) is 17.3. The molecule has 3 unspecified atom stereocenters. The van der Waals surface area contributed by atoms with Crippen LogP contribution < -0.4 is 14.8 Å². The quantitative estimate of drug-likeness (QED) is 0.185. The molecule has 316 valence electrons. The van der Waals surface area contributed by atoms with E-state index >= 15 is 8.78 Å². The molecule has 3 aromatic rings. The van der Waals surface area contributed by atoms with Crippen LogP contribution in [0.2, 0.25) is 0 Å². The van der Waals surface area contributed by atoms with Gasteiger partial charge in [-0.15, -0.1) is 0 Å². The third-order valence-corrected chi connectivity index (χ3v) is 13.9. The van der Waals surface area contributed by atoms with Gasteiger partial charge < -0.3 is 24.4 Å². The first-order valence-corrected chi connectivity index (χ1v) is 22.4. The Kier molecular flexibility index (Phi) is 12.6. The molecule has 7 rings (SSSR count). The van der Waals surface area contributed by atoms with Crippen molar-refractivity contribution in [3.05, 3.63) is 66.2 Å². The number of sulfonamides is 1. The lowest BCUT2D eigenvalue weighted by molar-refractivity contribution is -0.155. The molecule has 1 saturated carbocycles. The number of fused-ring (bicyclic) bond motifs is 3. The van der Waals surface area contributed by atoms with Crippen LogP contribution in [0.5, 0.6) is 11.5 Å². The van der Waals surface area contributed by atoms with Crippen LogP contribution in [0.1, 0.15) is 97.0 Å². The molecular formula is C44H58F2N4O7S. The molecule has 4 aliphatic rings. The van der Waals surface area contributed by atoms with E-state index in [1.165, 1.54) is 47.7 Å². The summed E-state index contributed by atoms with van der Waals surface area (Å²) < 4.78 is 81.4. The number of benzene rings is 3. The van der Waals surface area contributed by atoms with Crippen LogP contribution in [0.3, 0.4) is 0 Å². The summed E-state index contributed by atoms with van der Waals surface area (Å²) in [6, 6.07) is 11.5.